The smallest absolute Gasteiger partial charge is 0.274 e. The molecular weight excluding hydrogens is 250 g/mol. The van der Waals surface area contributed by atoms with Crippen LogP contribution in [0.2, 0.25) is 0 Å². The van der Waals surface area contributed by atoms with E-state index in [1.54, 1.807) is 6.20 Å². The van der Waals surface area contributed by atoms with E-state index in [1.165, 1.54) is 5.56 Å². The lowest BCUT2D eigenvalue weighted by atomic mass is 10.1. The van der Waals surface area contributed by atoms with E-state index in [0.29, 0.717) is 5.69 Å². The van der Waals surface area contributed by atoms with Gasteiger partial charge in [0.2, 0.25) is 0 Å². The van der Waals surface area contributed by atoms with Gasteiger partial charge in [-0.1, -0.05) is 18.2 Å². The van der Waals surface area contributed by atoms with Gasteiger partial charge in [-0.25, -0.2) is 0 Å². The van der Waals surface area contributed by atoms with Crippen LogP contribution in [0, 0.1) is 6.92 Å². The summed E-state index contributed by atoms with van der Waals surface area (Å²) in [6.07, 6.45) is 1.62. The largest absolute Gasteiger partial charge is 0.321 e. The number of benzene rings is 1. The van der Waals surface area contributed by atoms with Crippen molar-refractivity contribution in [2.24, 2.45) is 0 Å². The van der Waals surface area contributed by atoms with Crippen LogP contribution >= 0.6 is 0 Å². The summed E-state index contributed by atoms with van der Waals surface area (Å²) in [4.78, 5) is 16.2. The Morgan fingerprint density at radius 2 is 1.90 bits per heavy atom. The van der Waals surface area contributed by atoms with Crippen LogP contribution in [0.25, 0.3) is 0 Å². The zero-order chi connectivity index (χ0) is 14.5. The molecule has 4 heteroatoms. The van der Waals surface area contributed by atoms with Gasteiger partial charge in [0.25, 0.3) is 5.91 Å². The monoisotopic (exact) mass is 269 g/mol. The Hall–Kier alpha value is -2.20. The Kier molecular flexibility index (Phi) is 4.48. The maximum Gasteiger partial charge on any atom is 0.274 e. The molecular formula is C16H19N3O. The van der Waals surface area contributed by atoms with Crippen molar-refractivity contribution in [1.82, 2.24) is 10.3 Å². The Labute approximate surface area is 119 Å². The molecule has 0 aliphatic carbocycles. The Balaban J connectivity index is 2.11. The molecule has 1 atom stereocenters. The molecule has 104 valence electrons. The standard InChI is InChI=1S/C16H19N3O/c1-11-5-4-10-18-15(11)16(20)19-14-8-6-13(7-9-14)12(2)17-3/h4-10,12,17H,1-3H3,(H,19,20). The summed E-state index contributed by atoms with van der Waals surface area (Å²) in [5, 5.41) is 6.04. The summed E-state index contributed by atoms with van der Waals surface area (Å²) in [5.41, 5.74) is 3.28. The highest BCUT2D eigenvalue weighted by atomic mass is 16.1. The van der Waals surface area contributed by atoms with Crippen molar-refractivity contribution in [3.63, 3.8) is 0 Å². The summed E-state index contributed by atoms with van der Waals surface area (Å²) < 4.78 is 0. The third-order valence-electron chi connectivity index (χ3n) is 3.33. The minimum Gasteiger partial charge on any atom is -0.321 e. The Morgan fingerprint density at radius 1 is 1.20 bits per heavy atom. The van der Waals surface area contributed by atoms with Crippen LogP contribution in [0.5, 0.6) is 0 Å². The number of amides is 1. The van der Waals surface area contributed by atoms with E-state index in [9.17, 15) is 4.79 Å². The van der Waals surface area contributed by atoms with E-state index in [-0.39, 0.29) is 11.9 Å². The van der Waals surface area contributed by atoms with Gasteiger partial charge < -0.3 is 10.6 Å². The molecule has 1 heterocycles. The number of carbonyl (C=O) groups excluding carboxylic acids is 1. The summed E-state index contributed by atoms with van der Waals surface area (Å²) in [7, 11) is 1.92. The van der Waals surface area contributed by atoms with Gasteiger partial charge in [0, 0.05) is 17.9 Å². The normalized spacial score (nSPS) is 11.9. The molecule has 0 fully saturated rings. The zero-order valence-electron chi connectivity index (χ0n) is 12.0. The number of hydrogen-bond acceptors (Lipinski definition) is 3. The second-order valence-electron chi connectivity index (χ2n) is 4.76. The van der Waals surface area contributed by atoms with E-state index < -0.39 is 0 Å². The first-order valence-electron chi connectivity index (χ1n) is 6.62. The maximum absolute atomic E-state index is 12.1. The molecule has 20 heavy (non-hydrogen) atoms. The van der Waals surface area contributed by atoms with Gasteiger partial charge in [-0.2, -0.15) is 0 Å². The van der Waals surface area contributed by atoms with Crippen molar-refractivity contribution in [1.29, 1.82) is 0 Å². The first kappa shape index (κ1) is 14.2. The highest BCUT2D eigenvalue weighted by Crippen LogP contribution is 2.16. The third-order valence-corrected chi connectivity index (χ3v) is 3.33. The molecule has 0 spiro atoms. The minimum absolute atomic E-state index is 0.183. The Bertz CT molecular complexity index is 593. The van der Waals surface area contributed by atoms with Gasteiger partial charge in [-0.3, -0.25) is 9.78 Å². The molecule has 0 radical (unpaired) electrons. The summed E-state index contributed by atoms with van der Waals surface area (Å²) >= 11 is 0. The van der Waals surface area contributed by atoms with Crippen LogP contribution in [-0.2, 0) is 0 Å². The van der Waals surface area contributed by atoms with Crippen molar-refractivity contribution < 1.29 is 4.79 Å². The number of rotatable bonds is 4. The molecule has 1 aromatic carbocycles. The average molecular weight is 269 g/mol. The van der Waals surface area contributed by atoms with Gasteiger partial charge in [0.05, 0.1) is 0 Å². The van der Waals surface area contributed by atoms with Gasteiger partial charge >= 0.3 is 0 Å². The fraction of sp³-hybridized carbons (Fsp3) is 0.250. The van der Waals surface area contributed by atoms with E-state index in [4.69, 9.17) is 0 Å². The molecule has 0 aliphatic heterocycles. The maximum atomic E-state index is 12.1. The summed E-state index contributed by atoms with van der Waals surface area (Å²) in [6.45, 7) is 3.96. The molecule has 4 nitrogen and oxygen atoms in total. The number of nitrogens with one attached hydrogen (secondary N) is 2. The fourth-order valence-electron chi connectivity index (χ4n) is 1.94. The second kappa shape index (κ2) is 6.30. The number of aryl methyl sites for hydroxylation is 1. The van der Waals surface area contributed by atoms with Gasteiger partial charge in [0.1, 0.15) is 5.69 Å². The topological polar surface area (TPSA) is 54.0 Å². The molecule has 2 aromatic rings. The number of hydrogen-bond donors (Lipinski definition) is 2. The van der Waals surface area contributed by atoms with Crippen molar-refractivity contribution in [3.05, 3.63) is 59.4 Å². The molecule has 2 rings (SSSR count). The number of nitrogens with zero attached hydrogens (tertiary/aromatic N) is 1. The van der Waals surface area contributed by atoms with Gasteiger partial charge in [0.15, 0.2) is 0 Å². The first-order chi connectivity index (χ1) is 9.61. The van der Waals surface area contributed by atoms with Crippen molar-refractivity contribution in [2.75, 3.05) is 12.4 Å². The van der Waals surface area contributed by atoms with Crippen LogP contribution in [-0.4, -0.2) is 17.9 Å². The zero-order valence-corrected chi connectivity index (χ0v) is 12.0. The minimum atomic E-state index is -0.183. The van der Waals surface area contributed by atoms with E-state index in [0.717, 1.165) is 11.3 Å². The highest BCUT2D eigenvalue weighted by molar-refractivity contribution is 6.03. The van der Waals surface area contributed by atoms with Crippen molar-refractivity contribution in [2.45, 2.75) is 19.9 Å². The summed E-state index contributed by atoms with van der Waals surface area (Å²) in [6, 6.07) is 11.8. The number of aromatic nitrogens is 1. The van der Waals surface area contributed by atoms with Gasteiger partial charge in [-0.05, 0) is 50.2 Å². The van der Waals surface area contributed by atoms with E-state index in [2.05, 4.69) is 22.5 Å². The lowest BCUT2D eigenvalue weighted by Gasteiger charge is -2.12. The summed E-state index contributed by atoms with van der Waals surface area (Å²) in [5.74, 6) is -0.183. The van der Waals surface area contributed by atoms with Crippen molar-refractivity contribution >= 4 is 11.6 Å². The molecule has 1 unspecified atom stereocenters. The molecule has 0 saturated carbocycles. The highest BCUT2D eigenvalue weighted by Gasteiger charge is 2.10. The van der Waals surface area contributed by atoms with Crippen molar-refractivity contribution in [3.8, 4) is 0 Å². The van der Waals surface area contributed by atoms with E-state index >= 15 is 0 Å². The van der Waals surface area contributed by atoms with Gasteiger partial charge in [-0.15, -0.1) is 0 Å². The van der Waals surface area contributed by atoms with Crippen LogP contribution in [0.4, 0.5) is 5.69 Å². The lowest BCUT2D eigenvalue weighted by Crippen LogP contribution is -2.15. The Morgan fingerprint density at radius 3 is 2.50 bits per heavy atom. The first-order valence-corrected chi connectivity index (χ1v) is 6.62. The lowest BCUT2D eigenvalue weighted by molar-refractivity contribution is 0.102. The molecule has 2 N–H and O–H groups in total. The van der Waals surface area contributed by atoms with E-state index in [1.807, 2.05) is 50.4 Å². The molecule has 0 saturated heterocycles. The second-order valence-corrected chi connectivity index (χ2v) is 4.76. The molecule has 0 bridgehead atoms. The predicted molar refractivity (Wildman–Crippen MR) is 80.8 cm³/mol. The van der Waals surface area contributed by atoms with Crippen LogP contribution in [0.15, 0.2) is 42.6 Å². The molecule has 1 aromatic heterocycles. The van der Waals surface area contributed by atoms with Crippen LogP contribution in [0.1, 0.15) is 34.6 Å². The number of carbonyl (C=O) groups is 1. The number of anilines is 1. The third kappa shape index (κ3) is 3.22. The molecule has 0 aliphatic rings. The predicted octanol–water partition coefficient (Wildman–Crippen LogP) is 2.92. The average Bonchev–Trinajstić information content (AvgIpc) is 2.47. The molecule has 1 amide bonds. The van der Waals surface area contributed by atoms with Crippen LogP contribution < -0.4 is 10.6 Å². The fourth-order valence-corrected chi connectivity index (χ4v) is 1.94. The number of pyridine rings is 1. The SMILES string of the molecule is CNC(C)c1ccc(NC(=O)c2ncccc2C)cc1. The van der Waals surface area contributed by atoms with Crippen LogP contribution in [0.3, 0.4) is 0 Å². The quantitative estimate of drug-likeness (QED) is 0.897.